The molecule has 1 aliphatic rings. The molecule has 90 valence electrons. The number of hydrogen-bond donors (Lipinski definition) is 1. The van der Waals surface area contributed by atoms with E-state index in [9.17, 15) is 0 Å². The summed E-state index contributed by atoms with van der Waals surface area (Å²) in [5, 5.41) is 1.37. The second-order valence-corrected chi connectivity index (χ2v) is 4.94. The molecule has 0 radical (unpaired) electrons. The second kappa shape index (κ2) is 3.77. The molecule has 3 nitrogen and oxygen atoms in total. The van der Waals surface area contributed by atoms with E-state index < -0.39 is 0 Å². The molecule has 1 aliphatic heterocycles. The van der Waals surface area contributed by atoms with Gasteiger partial charge in [0.1, 0.15) is 5.75 Å². The largest absolute Gasteiger partial charge is 0.496 e. The Morgan fingerprint density at radius 1 is 1.35 bits per heavy atom. The number of rotatable bonds is 1. The molecule has 1 aromatic heterocycles. The summed E-state index contributed by atoms with van der Waals surface area (Å²) in [6, 6.07) is 4.36. The number of fused-ring (bicyclic) bond motifs is 3. The monoisotopic (exact) mass is 230 g/mol. The minimum atomic E-state index is 0.962. The topological polar surface area (TPSA) is 28.3 Å². The maximum atomic E-state index is 5.38. The molecule has 0 bridgehead atoms. The van der Waals surface area contributed by atoms with E-state index in [-0.39, 0.29) is 0 Å². The summed E-state index contributed by atoms with van der Waals surface area (Å²) in [4.78, 5) is 5.88. The fourth-order valence-corrected chi connectivity index (χ4v) is 2.73. The number of nitrogens with zero attached hydrogens (tertiary/aromatic N) is 1. The molecule has 1 aromatic carbocycles. The van der Waals surface area contributed by atoms with Gasteiger partial charge in [0.2, 0.25) is 0 Å². The van der Waals surface area contributed by atoms with Gasteiger partial charge >= 0.3 is 0 Å². The number of nitrogens with one attached hydrogen (secondary N) is 1. The van der Waals surface area contributed by atoms with Crippen molar-refractivity contribution < 1.29 is 4.74 Å². The number of likely N-dealkylation sites (N-methyl/N-ethyl adjacent to an activating group) is 1. The zero-order chi connectivity index (χ0) is 12.0. The van der Waals surface area contributed by atoms with E-state index in [0.29, 0.717) is 0 Å². The normalized spacial score (nSPS) is 16.2. The third-order valence-corrected chi connectivity index (χ3v) is 3.68. The first-order valence-electron chi connectivity index (χ1n) is 6.05. The zero-order valence-corrected chi connectivity index (χ0v) is 10.6. The third kappa shape index (κ3) is 1.62. The third-order valence-electron chi connectivity index (χ3n) is 3.68. The van der Waals surface area contributed by atoms with Crippen LogP contribution in [0.15, 0.2) is 12.1 Å². The van der Waals surface area contributed by atoms with Gasteiger partial charge < -0.3 is 14.6 Å². The lowest BCUT2D eigenvalue weighted by atomic mass is 10.0. The maximum absolute atomic E-state index is 5.38. The lowest BCUT2D eigenvalue weighted by molar-refractivity contribution is 0.310. The van der Waals surface area contributed by atoms with Gasteiger partial charge in [0.15, 0.2) is 0 Å². The summed E-state index contributed by atoms with van der Waals surface area (Å²) in [7, 11) is 3.89. The van der Waals surface area contributed by atoms with Crippen molar-refractivity contribution in [1.82, 2.24) is 9.88 Å². The number of methoxy groups -OCH3 is 1. The molecule has 0 spiro atoms. The molecule has 3 heteroatoms. The average Bonchev–Trinajstić information content (AvgIpc) is 2.64. The standard InChI is InChI=1S/C14H18N2O/c1-9-6-11-10-4-5-16(2)8-13(10)15-12(11)7-14(9)17-3/h6-7,15H,4-5,8H2,1-3H3. The fourth-order valence-electron chi connectivity index (χ4n) is 2.73. The number of H-pyrrole nitrogens is 1. The highest BCUT2D eigenvalue weighted by Crippen LogP contribution is 2.31. The molecule has 2 aromatic rings. The minimum absolute atomic E-state index is 0.962. The van der Waals surface area contributed by atoms with Gasteiger partial charge in [-0.15, -0.1) is 0 Å². The van der Waals surface area contributed by atoms with Crippen LogP contribution in [-0.4, -0.2) is 30.6 Å². The summed E-state index contributed by atoms with van der Waals surface area (Å²) >= 11 is 0. The molecule has 2 heterocycles. The van der Waals surface area contributed by atoms with Crippen LogP contribution in [0.2, 0.25) is 0 Å². The minimum Gasteiger partial charge on any atom is -0.496 e. The summed E-state index contributed by atoms with van der Waals surface area (Å²) in [5.41, 5.74) is 5.26. The van der Waals surface area contributed by atoms with Gasteiger partial charge in [-0.3, -0.25) is 0 Å². The van der Waals surface area contributed by atoms with Crippen molar-refractivity contribution >= 4 is 10.9 Å². The van der Waals surface area contributed by atoms with Gasteiger partial charge in [0, 0.05) is 35.8 Å². The summed E-state index contributed by atoms with van der Waals surface area (Å²) in [6.45, 7) is 4.27. The Labute approximate surface area is 101 Å². The first kappa shape index (κ1) is 10.7. The van der Waals surface area contributed by atoms with Gasteiger partial charge in [0.05, 0.1) is 7.11 Å². The van der Waals surface area contributed by atoms with Crippen molar-refractivity contribution in [3.8, 4) is 5.75 Å². The Balaban J connectivity index is 2.21. The van der Waals surface area contributed by atoms with E-state index in [1.807, 2.05) is 0 Å². The van der Waals surface area contributed by atoms with Gasteiger partial charge in [-0.05, 0) is 37.6 Å². The van der Waals surface area contributed by atoms with Crippen molar-refractivity contribution in [3.63, 3.8) is 0 Å². The Morgan fingerprint density at radius 2 is 2.18 bits per heavy atom. The number of aromatic nitrogens is 1. The van der Waals surface area contributed by atoms with Crippen LogP contribution >= 0.6 is 0 Å². The lowest BCUT2D eigenvalue weighted by Crippen LogP contribution is -2.26. The van der Waals surface area contributed by atoms with Crippen molar-refractivity contribution in [2.45, 2.75) is 19.9 Å². The zero-order valence-electron chi connectivity index (χ0n) is 10.6. The van der Waals surface area contributed by atoms with Gasteiger partial charge in [0.25, 0.3) is 0 Å². The quantitative estimate of drug-likeness (QED) is 0.815. The predicted molar refractivity (Wildman–Crippen MR) is 69.6 cm³/mol. The molecular formula is C14H18N2O. The Bertz CT molecular complexity index is 571. The molecule has 0 saturated carbocycles. The summed E-state index contributed by atoms with van der Waals surface area (Å²) in [5.74, 6) is 0.962. The molecule has 1 N–H and O–H groups in total. The molecule has 3 rings (SSSR count). The molecular weight excluding hydrogens is 212 g/mol. The Kier molecular flexibility index (Phi) is 2.37. The maximum Gasteiger partial charge on any atom is 0.123 e. The van der Waals surface area contributed by atoms with E-state index in [2.05, 4.69) is 36.0 Å². The van der Waals surface area contributed by atoms with Crippen molar-refractivity contribution in [2.75, 3.05) is 20.7 Å². The SMILES string of the molecule is COc1cc2[nH]c3c(c2cc1C)CCN(C)C3. The van der Waals surface area contributed by atoms with Crippen LogP contribution in [0.3, 0.4) is 0 Å². The lowest BCUT2D eigenvalue weighted by Gasteiger charge is -2.22. The van der Waals surface area contributed by atoms with Crippen LogP contribution in [0.5, 0.6) is 5.75 Å². The van der Waals surface area contributed by atoms with Gasteiger partial charge in [-0.2, -0.15) is 0 Å². The number of ether oxygens (including phenoxy) is 1. The summed E-state index contributed by atoms with van der Waals surface area (Å²) < 4.78 is 5.38. The highest BCUT2D eigenvalue weighted by atomic mass is 16.5. The first-order chi connectivity index (χ1) is 8.19. The smallest absolute Gasteiger partial charge is 0.123 e. The summed E-state index contributed by atoms with van der Waals surface area (Å²) in [6.07, 6.45) is 1.14. The van der Waals surface area contributed by atoms with Crippen molar-refractivity contribution in [2.24, 2.45) is 0 Å². The van der Waals surface area contributed by atoms with Crippen LogP contribution in [0.25, 0.3) is 10.9 Å². The van der Waals surface area contributed by atoms with E-state index in [1.54, 1.807) is 7.11 Å². The number of aryl methyl sites for hydroxylation is 1. The molecule has 0 fully saturated rings. The van der Waals surface area contributed by atoms with Crippen molar-refractivity contribution in [3.05, 3.63) is 29.0 Å². The first-order valence-corrected chi connectivity index (χ1v) is 6.05. The molecule has 0 unspecified atom stereocenters. The molecule has 0 aliphatic carbocycles. The van der Waals surface area contributed by atoms with Gasteiger partial charge in [-0.1, -0.05) is 0 Å². The average molecular weight is 230 g/mol. The van der Waals surface area contributed by atoms with Crippen LogP contribution in [0.4, 0.5) is 0 Å². The van der Waals surface area contributed by atoms with Crippen LogP contribution < -0.4 is 4.74 Å². The van der Waals surface area contributed by atoms with E-state index in [4.69, 9.17) is 4.74 Å². The Morgan fingerprint density at radius 3 is 2.94 bits per heavy atom. The van der Waals surface area contributed by atoms with E-state index in [0.717, 1.165) is 25.3 Å². The number of hydrogen-bond acceptors (Lipinski definition) is 2. The van der Waals surface area contributed by atoms with E-state index >= 15 is 0 Å². The number of benzene rings is 1. The Hall–Kier alpha value is -1.48. The predicted octanol–water partition coefficient (Wildman–Crippen LogP) is 2.47. The molecule has 0 saturated heterocycles. The molecule has 17 heavy (non-hydrogen) atoms. The highest BCUT2D eigenvalue weighted by Gasteiger charge is 2.18. The van der Waals surface area contributed by atoms with Crippen LogP contribution in [-0.2, 0) is 13.0 Å². The second-order valence-electron chi connectivity index (χ2n) is 4.94. The van der Waals surface area contributed by atoms with Gasteiger partial charge in [-0.25, -0.2) is 0 Å². The highest BCUT2D eigenvalue weighted by molar-refractivity contribution is 5.87. The van der Waals surface area contributed by atoms with Crippen LogP contribution in [0, 0.1) is 6.92 Å². The molecule has 0 amide bonds. The fraction of sp³-hybridized carbons (Fsp3) is 0.429. The molecule has 0 atom stereocenters. The van der Waals surface area contributed by atoms with E-state index in [1.165, 1.54) is 27.7 Å². The number of aromatic amines is 1. The van der Waals surface area contributed by atoms with Crippen LogP contribution in [0.1, 0.15) is 16.8 Å². The van der Waals surface area contributed by atoms with Crippen molar-refractivity contribution in [1.29, 1.82) is 0 Å².